The lowest BCUT2D eigenvalue weighted by Gasteiger charge is -2.36. The molecule has 4 nitrogen and oxygen atoms in total. The highest BCUT2D eigenvalue weighted by atomic mass is 79.9. The van der Waals surface area contributed by atoms with Crippen molar-refractivity contribution < 1.29 is 9.53 Å². The number of hydrogen-bond donors (Lipinski definition) is 1. The molecule has 2 rings (SSSR count). The average Bonchev–Trinajstić information content (AvgIpc) is 2.43. The number of nitrogens with one attached hydrogen (secondary N) is 1. The van der Waals surface area contributed by atoms with Crippen LogP contribution in [0.2, 0.25) is 0 Å². The third kappa shape index (κ3) is 4.45. The minimum Gasteiger partial charge on any atom is -0.496 e. The van der Waals surface area contributed by atoms with E-state index >= 15 is 0 Å². The summed E-state index contributed by atoms with van der Waals surface area (Å²) in [4.78, 5) is 14.4. The van der Waals surface area contributed by atoms with Crippen molar-refractivity contribution in [1.29, 1.82) is 0 Å². The second kappa shape index (κ2) is 7.27. The van der Waals surface area contributed by atoms with Crippen LogP contribution in [0.4, 0.5) is 0 Å². The van der Waals surface area contributed by atoms with Gasteiger partial charge in [0, 0.05) is 36.1 Å². The van der Waals surface area contributed by atoms with Gasteiger partial charge in [0.05, 0.1) is 7.11 Å². The molecule has 1 N–H and O–H groups in total. The Hall–Kier alpha value is -1.07. The number of benzene rings is 1. The fourth-order valence-corrected chi connectivity index (χ4v) is 3.28. The Labute approximate surface area is 135 Å². The molecule has 1 fully saturated rings. The van der Waals surface area contributed by atoms with Crippen molar-refractivity contribution in [3.8, 4) is 5.75 Å². The van der Waals surface area contributed by atoms with Gasteiger partial charge in [-0.25, -0.2) is 0 Å². The molecule has 5 heteroatoms. The molecule has 0 aromatic heterocycles. The first-order chi connectivity index (χ1) is 9.99. The van der Waals surface area contributed by atoms with Crippen LogP contribution in [0.1, 0.15) is 25.8 Å². The Morgan fingerprint density at radius 2 is 2.05 bits per heavy atom. The molecule has 0 saturated carbocycles. The molecule has 1 aliphatic heterocycles. The van der Waals surface area contributed by atoms with E-state index in [0.29, 0.717) is 24.9 Å². The van der Waals surface area contributed by atoms with Gasteiger partial charge >= 0.3 is 0 Å². The summed E-state index contributed by atoms with van der Waals surface area (Å²) >= 11 is 3.47. The van der Waals surface area contributed by atoms with Gasteiger partial charge in [0.25, 0.3) is 0 Å². The second-order valence-electron chi connectivity index (χ2n) is 5.72. The molecule has 0 aliphatic carbocycles. The number of aryl methyl sites for hydroxylation is 1. The predicted octanol–water partition coefficient (Wildman–Crippen LogP) is 2.60. The zero-order valence-corrected chi connectivity index (χ0v) is 14.4. The summed E-state index contributed by atoms with van der Waals surface area (Å²) in [6, 6.07) is 6.62. The lowest BCUT2D eigenvalue weighted by molar-refractivity contribution is -0.132. The maximum Gasteiger partial charge on any atom is 0.223 e. The topological polar surface area (TPSA) is 41.6 Å². The number of carbonyl (C=O) groups excluding carboxylic acids is 1. The molecule has 0 bridgehead atoms. The van der Waals surface area contributed by atoms with Crippen molar-refractivity contribution in [1.82, 2.24) is 10.2 Å². The van der Waals surface area contributed by atoms with Crippen molar-refractivity contribution >= 4 is 21.8 Å². The number of nitrogens with zero attached hydrogens (tertiary/aromatic N) is 1. The molecule has 1 aromatic rings. The van der Waals surface area contributed by atoms with E-state index in [0.717, 1.165) is 28.9 Å². The highest BCUT2D eigenvalue weighted by molar-refractivity contribution is 9.10. The van der Waals surface area contributed by atoms with Gasteiger partial charge in [-0.1, -0.05) is 15.9 Å². The summed E-state index contributed by atoms with van der Waals surface area (Å²) in [6.45, 7) is 5.82. The van der Waals surface area contributed by atoms with Crippen molar-refractivity contribution in [3.05, 3.63) is 28.2 Å². The Morgan fingerprint density at radius 1 is 1.38 bits per heavy atom. The van der Waals surface area contributed by atoms with Crippen LogP contribution in [0.25, 0.3) is 0 Å². The largest absolute Gasteiger partial charge is 0.496 e. The highest BCUT2D eigenvalue weighted by Gasteiger charge is 2.24. The van der Waals surface area contributed by atoms with Crippen molar-refractivity contribution in [3.63, 3.8) is 0 Å². The minimum atomic E-state index is 0.220. The minimum absolute atomic E-state index is 0.220. The maximum absolute atomic E-state index is 12.4. The number of carbonyl (C=O) groups is 1. The van der Waals surface area contributed by atoms with Crippen molar-refractivity contribution in [2.24, 2.45) is 0 Å². The Kier molecular flexibility index (Phi) is 5.65. The van der Waals surface area contributed by atoms with Gasteiger partial charge in [0.1, 0.15) is 5.75 Å². The highest BCUT2D eigenvalue weighted by Crippen LogP contribution is 2.24. The molecule has 2 atom stereocenters. The van der Waals surface area contributed by atoms with Crippen molar-refractivity contribution in [2.75, 3.05) is 20.2 Å². The molecule has 116 valence electrons. The number of ether oxygens (including phenoxy) is 1. The van der Waals surface area contributed by atoms with Gasteiger partial charge in [0.15, 0.2) is 0 Å². The maximum atomic E-state index is 12.4. The predicted molar refractivity (Wildman–Crippen MR) is 87.7 cm³/mol. The summed E-state index contributed by atoms with van der Waals surface area (Å²) in [5.41, 5.74) is 1.07. The van der Waals surface area contributed by atoms with Gasteiger partial charge in [-0.05, 0) is 44.0 Å². The Balaban J connectivity index is 1.96. The Bertz CT molecular complexity index is 497. The van der Waals surface area contributed by atoms with E-state index < -0.39 is 0 Å². The molecule has 0 unspecified atom stereocenters. The first-order valence-corrected chi connectivity index (χ1v) is 8.15. The van der Waals surface area contributed by atoms with Crippen LogP contribution in [0.15, 0.2) is 22.7 Å². The van der Waals surface area contributed by atoms with Crippen LogP contribution in [-0.2, 0) is 11.2 Å². The molecule has 0 spiro atoms. The van der Waals surface area contributed by atoms with E-state index in [9.17, 15) is 4.79 Å². The van der Waals surface area contributed by atoms with E-state index in [-0.39, 0.29) is 5.91 Å². The van der Waals surface area contributed by atoms with Crippen molar-refractivity contribution in [2.45, 2.75) is 38.8 Å². The van der Waals surface area contributed by atoms with Crippen LogP contribution in [-0.4, -0.2) is 43.1 Å². The monoisotopic (exact) mass is 354 g/mol. The first-order valence-electron chi connectivity index (χ1n) is 7.36. The molecule has 0 radical (unpaired) electrons. The van der Waals surface area contributed by atoms with E-state index in [1.807, 2.05) is 23.1 Å². The number of rotatable bonds is 4. The molecule has 1 aliphatic rings. The van der Waals surface area contributed by atoms with Gasteiger partial charge in [-0.3, -0.25) is 4.79 Å². The number of halogens is 1. The number of amides is 1. The smallest absolute Gasteiger partial charge is 0.223 e. The number of methoxy groups -OCH3 is 1. The summed E-state index contributed by atoms with van der Waals surface area (Å²) in [7, 11) is 1.66. The number of hydrogen-bond acceptors (Lipinski definition) is 3. The number of piperazine rings is 1. The van der Waals surface area contributed by atoms with Gasteiger partial charge < -0.3 is 15.0 Å². The zero-order valence-electron chi connectivity index (χ0n) is 12.9. The van der Waals surface area contributed by atoms with E-state index in [4.69, 9.17) is 4.74 Å². The Morgan fingerprint density at radius 3 is 2.67 bits per heavy atom. The van der Waals surface area contributed by atoms with Crippen LogP contribution >= 0.6 is 15.9 Å². The van der Waals surface area contributed by atoms with Crippen LogP contribution in [0.3, 0.4) is 0 Å². The first kappa shape index (κ1) is 16.3. The van der Waals surface area contributed by atoms with E-state index in [1.165, 1.54) is 0 Å². The molecule has 1 aromatic carbocycles. The zero-order chi connectivity index (χ0) is 15.4. The quantitative estimate of drug-likeness (QED) is 0.903. The lowest BCUT2D eigenvalue weighted by Crippen LogP contribution is -2.55. The van der Waals surface area contributed by atoms with Gasteiger partial charge in [0.2, 0.25) is 5.91 Å². The van der Waals surface area contributed by atoms with Gasteiger partial charge in [-0.15, -0.1) is 0 Å². The third-order valence-electron chi connectivity index (χ3n) is 3.76. The molecule has 1 heterocycles. The fourth-order valence-electron chi connectivity index (χ4n) is 2.87. The molecular weight excluding hydrogens is 332 g/mol. The fraction of sp³-hybridized carbons (Fsp3) is 0.562. The normalized spacial score (nSPS) is 22.2. The molecular formula is C16H23BrN2O2. The van der Waals surface area contributed by atoms with E-state index in [2.05, 4.69) is 35.1 Å². The van der Waals surface area contributed by atoms with Crippen LogP contribution < -0.4 is 10.1 Å². The summed E-state index contributed by atoms with van der Waals surface area (Å²) in [5.74, 6) is 1.06. The lowest BCUT2D eigenvalue weighted by atomic mass is 10.1. The summed E-state index contributed by atoms with van der Waals surface area (Å²) in [6.07, 6.45) is 1.22. The van der Waals surface area contributed by atoms with E-state index in [1.54, 1.807) is 7.11 Å². The van der Waals surface area contributed by atoms with Crippen LogP contribution in [0, 0.1) is 0 Å². The molecule has 21 heavy (non-hydrogen) atoms. The second-order valence-corrected chi connectivity index (χ2v) is 6.64. The summed E-state index contributed by atoms with van der Waals surface area (Å²) in [5, 5.41) is 3.44. The standard InChI is InChI=1S/C16H23BrN2O2/c1-11-9-19(10-12(2)18-11)16(20)7-4-13-8-14(17)5-6-15(13)21-3/h5-6,8,11-12,18H,4,7,9-10H2,1-3H3/t11-,12+. The van der Waals surface area contributed by atoms with Crippen LogP contribution in [0.5, 0.6) is 5.75 Å². The molecule has 1 saturated heterocycles. The van der Waals surface area contributed by atoms with Gasteiger partial charge in [-0.2, -0.15) is 0 Å². The third-order valence-corrected chi connectivity index (χ3v) is 4.25. The molecule has 1 amide bonds. The summed E-state index contributed by atoms with van der Waals surface area (Å²) < 4.78 is 6.37. The SMILES string of the molecule is COc1ccc(Br)cc1CCC(=O)N1C[C@@H](C)N[C@@H](C)C1. The average molecular weight is 355 g/mol.